The van der Waals surface area contributed by atoms with Gasteiger partial charge in [-0.3, -0.25) is 4.79 Å². The smallest absolute Gasteiger partial charge is 0.284 e. The Labute approximate surface area is 149 Å². The van der Waals surface area contributed by atoms with Crippen LogP contribution in [0.2, 0.25) is 0 Å². The Morgan fingerprint density at radius 3 is 2.32 bits per heavy atom. The number of likely N-dealkylation sites (N-methyl/N-ethyl adjacent to an activating group) is 1. The summed E-state index contributed by atoms with van der Waals surface area (Å²) in [5.41, 5.74) is 1.80. The van der Waals surface area contributed by atoms with Crippen molar-refractivity contribution in [2.24, 2.45) is 0 Å². The summed E-state index contributed by atoms with van der Waals surface area (Å²) >= 11 is 0. The maximum absolute atomic E-state index is 12.8. The van der Waals surface area contributed by atoms with E-state index in [4.69, 9.17) is 0 Å². The minimum absolute atomic E-state index is 0.0864. The van der Waals surface area contributed by atoms with Gasteiger partial charge < -0.3 is 19.8 Å². The number of quaternary nitrogens is 1. The number of phenolic OH excluding ortho intramolecular Hbond substituents is 1. The van der Waals surface area contributed by atoms with Gasteiger partial charge >= 0.3 is 0 Å². The second-order valence-electron chi connectivity index (χ2n) is 6.59. The largest absolute Gasteiger partial charge is 0.506 e. The highest BCUT2D eigenvalue weighted by atomic mass is 16.3. The van der Waals surface area contributed by atoms with Crippen molar-refractivity contribution in [1.29, 1.82) is 0 Å². The van der Waals surface area contributed by atoms with Crippen molar-refractivity contribution in [3.8, 4) is 5.75 Å². The lowest BCUT2D eigenvalue weighted by molar-refractivity contribution is -0.914. The molecule has 1 aliphatic rings. The standard InChI is InChI=1S/C20H25N3O2/c1-16(20(25)21(2)17-8-4-3-5-9-17)22-12-14-23(15-13-22)18-10-6-7-11-19(18)24/h3-11,16,24H,12-15H2,1-2H3/p+1/t16-/m0/s1. The third-order valence-electron chi connectivity index (χ3n) is 5.08. The van der Waals surface area contributed by atoms with Gasteiger partial charge in [0, 0.05) is 12.7 Å². The molecule has 5 heteroatoms. The molecule has 0 saturated carbocycles. The summed E-state index contributed by atoms with van der Waals surface area (Å²) < 4.78 is 0. The quantitative estimate of drug-likeness (QED) is 0.878. The maximum Gasteiger partial charge on any atom is 0.284 e. The minimum Gasteiger partial charge on any atom is -0.506 e. The molecule has 0 aromatic heterocycles. The van der Waals surface area contributed by atoms with Crippen LogP contribution in [0, 0.1) is 0 Å². The summed E-state index contributed by atoms with van der Waals surface area (Å²) in [6, 6.07) is 17.1. The number of benzene rings is 2. The lowest BCUT2D eigenvalue weighted by Crippen LogP contribution is -3.19. The first-order chi connectivity index (χ1) is 12.1. The molecule has 25 heavy (non-hydrogen) atoms. The van der Waals surface area contributed by atoms with Crippen molar-refractivity contribution < 1.29 is 14.8 Å². The first kappa shape index (κ1) is 17.3. The van der Waals surface area contributed by atoms with Crippen molar-refractivity contribution >= 4 is 17.3 Å². The van der Waals surface area contributed by atoms with Crippen molar-refractivity contribution in [2.75, 3.05) is 43.0 Å². The van der Waals surface area contributed by atoms with Crippen LogP contribution in [0.3, 0.4) is 0 Å². The van der Waals surface area contributed by atoms with Gasteiger partial charge in [-0.15, -0.1) is 0 Å². The van der Waals surface area contributed by atoms with Gasteiger partial charge in [-0.1, -0.05) is 30.3 Å². The van der Waals surface area contributed by atoms with E-state index < -0.39 is 0 Å². The Balaban J connectivity index is 1.61. The molecule has 132 valence electrons. The molecular formula is C20H26N3O2+. The van der Waals surface area contributed by atoms with E-state index in [1.165, 1.54) is 4.90 Å². The van der Waals surface area contributed by atoms with Crippen molar-refractivity contribution in [1.82, 2.24) is 0 Å². The van der Waals surface area contributed by atoms with Crippen LogP contribution in [0.1, 0.15) is 6.92 Å². The molecule has 2 N–H and O–H groups in total. The molecule has 0 radical (unpaired) electrons. The van der Waals surface area contributed by atoms with Crippen LogP contribution in [0.25, 0.3) is 0 Å². The Kier molecular flexibility index (Phi) is 5.24. The van der Waals surface area contributed by atoms with E-state index in [-0.39, 0.29) is 11.9 Å². The lowest BCUT2D eigenvalue weighted by atomic mass is 10.1. The third-order valence-corrected chi connectivity index (χ3v) is 5.08. The highest BCUT2D eigenvalue weighted by molar-refractivity contribution is 5.95. The second kappa shape index (κ2) is 7.57. The predicted molar refractivity (Wildman–Crippen MR) is 100 cm³/mol. The summed E-state index contributed by atoms with van der Waals surface area (Å²) in [6.45, 7) is 5.43. The van der Waals surface area contributed by atoms with Crippen LogP contribution in [0.4, 0.5) is 11.4 Å². The molecule has 1 heterocycles. The number of piperazine rings is 1. The number of carbonyl (C=O) groups is 1. The van der Waals surface area contributed by atoms with E-state index in [1.54, 1.807) is 11.0 Å². The molecule has 1 amide bonds. The molecule has 2 aromatic rings. The van der Waals surface area contributed by atoms with Crippen molar-refractivity contribution in [2.45, 2.75) is 13.0 Å². The summed E-state index contributed by atoms with van der Waals surface area (Å²) in [5, 5.41) is 10.0. The molecule has 5 nitrogen and oxygen atoms in total. The molecule has 0 aliphatic carbocycles. The fraction of sp³-hybridized carbons (Fsp3) is 0.350. The lowest BCUT2D eigenvalue weighted by Gasteiger charge is -2.37. The summed E-state index contributed by atoms with van der Waals surface area (Å²) in [5.74, 6) is 0.455. The average Bonchev–Trinajstić information content (AvgIpc) is 2.67. The van der Waals surface area contributed by atoms with Gasteiger partial charge in [0.2, 0.25) is 0 Å². The predicted octanol–water partition coefficient (Wildman–Crippen LogP) is 1.15. The number of hydrogen-bond donors (Lipinski definition) is 2. The topological polar surface area (TPSA) is 48.2 Å². The van der Waals surface area contributed by atoms with Crippen LogP contribution >= 0.6 is 0 Å². The summed E-state index contributed by atoms with van der Waals surface area (Å²) in [4.78, 5) is 18.0. The molecule has 0 spiro atoms. The van der Waals surface area contributed by atoms with Crippen LogP contribution in [-0.4, -0.2) is 50.3 Å². The number of anilines is 2. The van der Waals surface area contributed by atoms with Gasteiger partial charge in [0.05, 0.1) is 31.9 Å². The Morgan fingerprint density at radius 1 is 1.08 bits per heavy atom. The summed E-state index contributed by atoms with van der Waals surface area (Å²) in [6.07, 6.45) is 0. The fourth-order valence-electron chi connectivity index (χ4n) is 3.44. The van der Waals surface area contributed by atoms with Crippen molar-refractivity contribution in [3.63, 3.8) is 0 Å². The highest BCUT2D eigenvalue weighted by Crippen LogP contribution is 2.26. The molecule has 1 fully saturated rings. The number of amides is 1. The Bertz CT molecular complexity index is 712. The first-order valence-corrected chi connectivity index (χ1v) is 8.78. The van der Waals surface area contributed by atoms with E-state index in [0.29, 0.717) is 5.75 Å². The molecule has 0 bridgehead atoms. The van der Waals surface area contributed by atoms with E-state index in [2.05, 4.69) is 4.90 Å². The first-order valence-electron chi connectivity index (χ1n) is 8.78. The van der Waals surface area contributed by atoms with E-state index in [0.717, 1.165) is 37.6 Å². The van der Waals surface area contributed by atoms with Crippen LogP contribution in [-0.2, 0) is 4.79 Å². The van der Waals surface area contributed by atoms with Gasteiger partial charge in [0.25, 0.3) is 5.91 Å². The number of aromatic hydroxyl groups is 1. The molecule has 1 saturated heterocycles. The van der Waals surface area contributed by atoms with Crippen LogP contribution in [0.5, 0.6) is 5.75 Å². The molecule has 1 atom stereocenters. The van der Waals surface area contributed by atoms with Gasteiger partial charge in [-0.2, -0.15) is 0 Å². The van der Waals surface area contributed by atoms with Crippen molar-refractivity contribution in [3.05, 3.63) is 54.6 Å². The maximum atomic E-state index is 12.8. The van der Waals surface area contributed by atoms with E-state index in [9.17, 15) is 9.90 Å². The molecule has 1 aliphatic heterocycles. The zero-order valence-electron chi connectivity index (χ0n) is 14.9. The van der Waals surface area contributed by atoms with Gasteiger partial charge in [0.1, 0.15) is 5.75 Å². The van der Waals surface area contributed by atoms with Gasteiger partial charge in [-0.05, 0) is 31.2 Å². The Morgan fingerprint density at radius 2 is 1.68 bits per heavy atom. The number of hydrogen-bond acceptors (Lipinski definition) is 3. The normalized spacial score (nSPS) is 16.5. The summed E-state index contributed by atoms with van der Waals surface area (Å²) in [7, 11) is 1.84. The number of phenols is 1. The average molecular weight is 340 g/mol. The SMILES string of the molecule is C[C@@H](C(=O)N(C)c1ccccc1)[NH+]1CCN(c2ccccc2O)CC1. The van der Waals surface area contributed by atoms with Crippen LogP contribution < -0.4 is 14.7 Å². The second-order valence-corrected chi connectivity index (χ2v) is 6.59. The zero-order chi connectivity index (χ0) is 17.8. The molecule has 0 unspecified atom stereocenters. The van der Waals surface area contributed by atoms with Crippen LogP contribution in [0.15, 0.2) is 54.6 Å². The third kappa shape index (κ3) is 3.77. The molecule has 3 rings (SSSR count). The molecular weight excluding hydrogens is 314 g/mol. The molecule has 2 aromatic carbocycles. The number of para-hydroxylation sites is 3. The van der Waals surface area contributed by atoms with E-state index in [1.807, 2.05) is 62.5 Å². The Hall–Kier alpha value is -2.53. The highest BCUT2D eigenvalue weighted by Gasteiger charge is 2.31. The number of nitrogens with one attached hydrogen (secondary N) is 1. The zero-order valence-corrected chi connectivity index (χ0v) is 14.9. The number of nitrogens with zero attached hydrogens (tertiary/aromatic N) is 2. The van der Waals surface area contributed by atoms with E-state index >= 15 is 0 Å². The number of rotatable bonds is 4. The van der Waals surface area contributed by atoms with Gasteiger partial charge in [-0.25, -0.2) is 0 Å². The number of carbonyl (C=O) groups excluding carboxylic acids is 1. The minimum atomic E-state index is -0.0864. The fourth-order valence-corrected chi connectivity index (χ4v) is 3.44. The monoisotopic (exact) mass is 340 g/mol. The van der Waals surface area contributed by atoms with Gasteiger partial charge in [0.15, 0.2) is 6.04 Å².